The Hall–Kier alpha value is -2.17. The maximum Gasteiger partial charge on any atom is 0.191 e. The topological polar surface area (TPSA) is 81.9 Å². The van der Waals surface area contributed by atoms with E-state index >= 15 is 0 Å². The first-order valence-electron chi connectivity index (χ1n) is 7.83. The van der Waals surface area contributed by atoms with Gasteiger partial charge < -0.3 is 24.8 Å². The molecule has 0 bridgehead atoms. The number of aliphatic imine (C=N–C) groups is 1. The van der Waals surface area contributed by atoms with Crippen LogP contribution in [-0.2, 0) is 20.1 Å². The lowest BCUT2D eigenvalue weighted by Crippen LogP contribution is -2.36. The van der Waals surface area contributed by atoms with Gasteiger partial charge in [-0.05, 0) is 12.1 Å². The summed E-state index contributed by atoms with van der Waals surface area (Å²) in [7, 11) is 8.46. The summed E-state index contributed by atoms with van der Waals surface area (Å²) in [5.74, 6) is 2.67. The van der Waals surface area contributed by atoms with Gasteiger partial charge in [-0.1, -0.05) is 0 Å². The standard InChI is InChI=1S/C17H25N5O3.HI/c1-18-17(20-11-13-6-7-21-22(13)2)19-10-12-8-15(24-4)16(25-5)9-14(12)23-3;/h6-9H,10-11H2,1-5H3,(H2,18,19,20);1H. The monoisotopic (exact) mass is 475 g/mol. The van der Waals surface area contributed by atoms with Crippen molar-refractivity contribution >= 4 is 29.9 Å². The van der Waals surface area contributed by atoms with Crippen LogP contribution in [0, 0.1) is 0 Å². The van der Waals surface area contributed by atoms with E-state index in [0.29, 0.717) is 36.3 Å². The molecule has 0 atom stereocenters. The summed E-state index contributed by atoms with van der Waals surface area (Å²) >= 11 is 0. The van der Waals surface area contributed by atoms with Gasteiger partial charge in [0.15, 0.2) is 17.5 Å². The highest BCUT2D eigenvalue weighted by molar-refractivity contribution is 14.0. The fourth-order valence-corrected chi connectivity index (χ4v) is 2.38. The number of nitrogens with zero attached hydrogens (tertiary/aromatic N) is 3. The molecule has 0 saturated heterocycles. The maximum absolute atomic E-state index is 5.44. The van der Waals surface area contributed by atoms with Gasteiger partial charge in [0.25, 0.3) is 0 Å². The number of methoxy groups -OCH3 is 3. The summed E-state index contributed by atoms with van der Waals surface area (Å²) < 4.78 is 17.9. The van der Waals surface area contributed by atoms with Crippen molar-refractivity contribution in [2.24, 2.45) is 12.0 Å². The Bertz CT molecular complexity index is 733. The maximum atomic E-state index is 5.44. The van der Waals surface area contributed by atoms with Crippen LogP contribution in [0.4, 0.5) is 0 Å². The van der Waals surface area contributed by atoms with Gasteiger partial charge in [0.2, 0.25) is 0 Å². The van der Waals surface area contributed by atoms with Gasteiger partial charge in [0.1, 0.15) is 5.75 Å². The van der Waals surface area contributed by atoms with Crippen molar-refractivity contribution in [3.63, 3.8) is 0 Å². The van der Waals surface area contributed by atoms with E-state index in [1.165, 1.54) is 0 Å². The molecular weight excluding hydrogens is 449 g/mol. The molecular formula is C17H26IN5O3. The fourth-order valence-electron chi connectivity index (χ4n) is 2.38. The lowest BCUT2D eigenvalue weighted by Gasteiger charge is -2.16. The van der Waals surface area contributed by atoms with Gasteiger partial charge in [0, 0.05) is 38.5 Å². The summed E-state index contributed by atoms with van der Waals surface area (Å²) in [6.07, 6.45) is 1.77. The Kier molecular flexibility index (Phi) is 9.03. The van der Waals surface area contributed by atoms with Crippen molar-refractivity contribution in [2.75, 3.05) is 28.4 Å². The minimum absolute atomic E-state index is 0. The van der Waals surface area contributed by atoms with Crippen LogP contribution < -0.4 is 24.8 Å². The number of hydrogen-bond acceptors (Lipinski definition) is 5. The molecule has 9 heteroatoms. The first-order valence-corrected chi connectivity index (χ1v) is 7.83. The lowest BCUT2D eigenvalue weighted by molar-refractivity contribution is 0.347. The minimum Gasteiger partial charge on any atom is -0.496 e. The van der Waals surface area contributed by atoms with Crippen molar-refractivity contribution < 1.29 is 14.2 Å². The Labute approximate surface area is 170 Å². The zero-order valence-corrected chi connectivity index (χ0v) is 18.0. The molecule has 2 rings (SSSR count). The average Bonchev–Trinajstić information content (AvgIpc) is 3.06. The van der Waals surface area contributed by atoms with Crippen LogP contribution in [0.3, 0.4) is 0 Å². The van der Waals surface area contributed by atoms with E-state index in [4.69, 9.17) is 14.2 Å². The number of halogens is 1. The van der Waals surface area contributed by atoms with Crippen molar-refractivity contribution in [2.45, 2.75) is 13.1 Å². The molecule has 1 aromatic heterocycles. The summed E-state index contributed by atoms with van der Waals surface area (Å²) in [5, 5.41) is 10.7. The van der Waals surface area contributed by atoms with Crippen LogP contribution in [0.25, 0.3) is 0 Å². The van der Waals surface area contributed by atoms with E-state index in [0.717, 1.165) is 11.3 Å². The Balaban J connectivity index is 0.00000338. The summed E-state index contributed by atoms with van der Waals surface area (Å²) in [6, 6.07) is 5.65. The number of aryl methyl sites for hydroxylation is 1. The van der Waals surface area contributed by atoms with Crippen molar-refractivity contribution in [1.82, 2.24) is 20.4 Å². The molecule has 144 valence electrons. The number of aromatic nitrogens is 2. The quantitative estimate of drug-likeness (QED) is 0.362. The van der Waals surface area contributed by atoms with Gasteiger partial charge in [-0.2, -0.15) is 5.10 Å². The molecule has 8 nitrogen and oxygen atoms in total. The molecule has 1 heterocycles. The van der Waals surface area contributed by atoms with Gasteiger partial charge in [0.05, 0.1) is 33.6 Å². The molecule has 0 unspecified atom stereocenters. The van der Waals surface area contributed by atoms with E-state index in [9.17, 15) is 0 Å². The highest BCUT2D eigenvalue weighted by atomic mass is 127. The second-order valence-electron chi connectivity index (χ2n) is 5.24. The number of rotatable bonds is 7. The Morgan fingerprint density at radius 1 is 1.04 bits per heavy atom. The number of benzene rings is 1. The normalized spacial score (nSPS) is 10.7. The van der Waals surface area contributed by atoms with Crippen molar-refractivity contribution in [1.29, 1.82) is 0 Å². The van der Waals surface area contributed by atoms with E-state index < -0.39 is 0 Å². The molecule has 1 aromatic carbocycles. The predicted octanol–water partition coefficient (Wildman–Crippen LogP) is 1.93. The predicted molar refractivity (Wildman–Crippen MR) is 112 cm³/mol. The molecule has 0 radical (unpaired) electrons. The molecule has 0 saturated carbocycles. The molecule has 0 fully saturated rings. The summed E-state index contributed by atoms with van der Waals surface area (Å²) in [4.78, 5) is 4.23. The largest absolute Gasteiger partial charge is 0.496 e. The summed E-state index contributed by atoms with van der Waals surface area (Å²) in [6.45, 7) is 1.15. The first-order chi connectivity index (χ1) is 12.1. The van der Waals surface area contributed by atoms with Gasteiger partial charge in [-0.25, -0.2) is 0 Å². The first kappa shape index (κ1) is 21.9. The fraction of sp³-hybridized carbons (Fsp3) is 0.412. The van der Waals surface area contributed by atoms with Gasteiger partial charge in [-0.15, -0.1) is 24.0 Å². The number of hydrogen-bond donors (Lipinski definition) is 2. The van der Waals surface area contributed by atoms with Crippen LogP contribution in [0.2, 0.25) is 0 Å². The van der Waals surface area contributed by atoms with Gasteiger partial charge >= 0.3 is 0 Å². The van der Waals surface area contributed by atoms with Gasteiger partial charge in [-0.3, -0.25) is 9.67 Å². The lowest BCUT2D eigenvalue weighted by atomic mass is 10.1. The minimum atomic E-state index is 0. The Morgan fingerprint density at radius 3 is 2.19 bits per heavy atom. The van der Waals surface area contributed by atoms with Crippen LogP contribution in [0.5, 0.6) is 17.2 Å². The highest BCUT2D eigenvalue weighted by Gasteiger charge is 2.12. The van der Waals surface area contributed by atoms with Crippen molar-refractivity contribution in [3.8, 4) is 17.2 Å². The average molecular weight is 475 g/mol. The molecule has 0 spiro atoms. The third kappa shape index (κ3) is 5.41. The van der Waals surface area contributed by atoms with Crippen molar-refractivity contribution in [3.05, 3.63) is 35.7 Å². The van der Waals surface area contributed by atoms with Crippen LogP contribution in [0.15, 0.2) is 29.4 Å². The van der Waals surface area contributed by atoms with E-state index in [1.807, 2.05) is 29.9 Å². The molecule has 2 aromatic rings. The number of guanidine groups is 1. The second kappa shape index (κ2) is 10.7. The third-order valence-electron chi connectivity index (χ3n) is 3.82. The zero-order valence-electron chi connectivity index (χ0n) is 15.7. The molecule has 2 N–H and O–H groups in total. The number of nitrogens with one attached hydrogen (secondary N) is 2. The third-order valence-corrected chi connectivity index (χ3v) is 3.82. The highest BCUT2D eigenvalue weighted by Crippen LogP contribution is 2.34. The second-order valence-corrected chi connectivity index (χ2v) is 5.24. The Morgan fingerprint density at radius 2 is 1.65 bits per heavy atom. The van der Waals surface area contributed by atoms with Crippen LogP contribution in [0.1, 0.15) is 11.3 Å². The smallest absolute Gasteiger partial charge is 0.191 e. The SMILES string of the molecule is CN=C(NCc1cc(OC)c(OC)cc1OC)NCc1ccnn1C.I. The summed E-state index contributed by atoms with van der Waals surface area (Å²) in [5.41, 5.74) is 2.00. The van der Waals surface area contributed by atoms with Crippen LogP contribution >= 0.6 is 24.0 Å². The molecule has 0 aliphatic rings. The van der Waals surface area contributed by atoms with E-state index in [2.05, 4.69) is 20.7 Å². The van der Waals surface area contributed by atoms with E-state index in [1.54, 1.807) is 34.6 Å². The molecule has 0 amide bonds. The molecule has 0 aliphatic carbocycles. The zero-order chi connectivity index (χ0) is 18.2. The molecule has 26 heavy (non-hydrogen) atoms. The number of ether oxygens (including phenoxy) is 3. The van der Waals surface area contributed by atoms with Crippen LogP contribution in [-0.4, -0.2) is 44.1 Å². The van der Waals surface area contributed by atoms with E-state index in [-0.39, 0.29) is 24.0 Å². The molecule has 0 aliphatic heterocycles.